The monoisotopic (exact) mass is 851 g/mol. The number of aliphatic hydroxyl groups excluding tert-OH is 1. The van der Waals surface area contributed by atoms with Gasteiger partial charge in [0, 0.05) is 37.7 Å². The van der Waals surface area contributed by atoms with E-state index in [0.29, 0.717) is 11.1 Å². The third kappa shape index (κ3) is 7.31. The molecule has 0 spiro atoms. The highest BCUT2D eigenvalue weighted by atomic mass is 16.6. The first-order valence-corrected chi connectivity index (χ1v) is 20.8. The lowest BCUT2D eigenvalue weighted by molar-refractivity contribution is -0.346. The lowest BCUT2D eigenvalue weighted by Gasteiger charge is -2.67. The van der Waals surface area contributed by atoms with E-state index in [1.54, 1.807) is 107 Å². The Labute approximate surface area is 359 Å². The van der Waals surface area contributed by atoms with E-state index in [4.69, 9.17) is 23.7 Å². The van der Waals surface area contributed by atoms with Crippen LogP contribution in [-0.4, -0.2) is 94.1 Å². The van der Waals surface area contributed by atoms with Gasteiger partial charge in [-0.2, -0.15) is 0 Å². The van der Waals surface area contributed by atoms with Crippen molar-refractivity contribution < 1.29 is 62.7 Å². The average molecular weight is 852 g/mol. The number of carbonyl (C=O) groups excluding carboxylic acids is 6. The summed E-state index contributed by atoms with van der Waals surface area (Å²) in [6.45, 7) is 9.87. The molecule has 7 rings (SSSR count). The second kappa shape index (κ2) is 16.5. The Kier molecular flexibility index (Phi) is 11.8. The predicted molar refractivity (Wildman–Crippen MR) is 221 cm³/mol. The summed E-state index contributed by atoms with van der Waals surface area (Å²) in [4.78, 5) is 83.9. The SMILES string of the molecule is CC(=O)O[C@H]1C(=O)[C@@]2(C)C([C@@H](OC(=O)c3ccccc3)[C@]3(O)C[C@H](OC(=O)[C@@H](C)[C@H](NC(=O)c4ccccc4)c4ccccc4)C(C)=C1C3(C)C)[C@@]1(OC(C)=O)CO[C@@H]1C[C@@H]2O. The minimum atomic E-state index is -2.31. The van der Waals surface area contributed by atoms with Crippen LogP contribution in [0.5, 0.6) is 0 Å². The minimum Gasteiger partial charge on any atom is -0.457 e. The maximum Gasteiger partial charge on any atom is 0.338 e. The standard InChI is InChI=1S/C48H53NO13/c1-26-33(60-43(55)27(2)37(30-17-11-8-12-18-30)49-42(54)31-19-13-9-14-20-31)24-48(57)41(61-44(56)32-21-15-10-16-22-32)39-46(7,34(52)23-35-47(39,25-58-35)62-29(4)51)40(53)38(59-28(3)50)36(26)45(48,5)6/h8-22,27,33-35,37-39,41,52,57H,23-25H2,1-7H3,(H,49,54)/t27-,33-,34-,35+,37-,38+,39?,41+,46+,47+,48+/m0/s1. The first kappa shape index (κ1) is 44.4. The van der Waals surface area contributed by atoms with Crippen LogP contribution in [0.1, 0.15) is 93.6 Å². The van der Waals surface area contributed by atoms with E-state index < -0.39 is 112 Å². The van der Waals surface area contributed by atoms with E-state index in [0.717, 1.165) is 6.92 Å². The minimum absolute atomic E-state index is 0.0787. The fourth-order valence-electron chi connectivity index (χ4n) is 10.4. The van der Waals surface area contributed by atoms with Crippen LogP contribution in [0.4, 0.5) is 0 Å². The number of fused-ring (bicyclic) bond motifs is 5. The zero-order valence-electron chi connectivity index (χ0n) is 35.8. The number of amides is 1. The molecule has 0 aromatic heterocycles. The second-order valence-corrected chi connectivity index (χ2v) is 17.7. The zero-order chi connectivity index (χ0) is 44.9. The fraction of sp³-hybridized carbons (Fsp3) is 0.458. The van der Waals surface area contributed by atoms with Crippen LogP contribution in [0.2, 0.25) is 0 Å². The van der Waals surface area contributed by atoms with E-state index in [2.05, 4.69) is 5.32 Å². The van der Waals surface area contributed by atoms with Crippen molar-refractivity contribution in [3.8, 4) is 0 Å². The first-order valence-electron chi connectivity index (χ1n) is 20.8. The second-order valence-electron chi connectivity index (χ2n) is 17.7. The summed E-state index contributed by atoms with van der Waals surface area (Å²) in [5, 5.41) is 28.8. The van der Waals surface area contributed by atoms with Gasteiger partial charge in [0.25, 0.3) is 5.91 Å². The van der Waals surface area contributed by atoms with E-state index in [1.165, 1.54) is 26.0 Å². The van der Waals surface area contributed by atoms with E-state index in [-0.39, 0.29) is 29.7 Å². The molecule has 1 heterocycles. The molecule has 3 aromatic rings. The van der Waals surface area contributed by atoms with Crippen molar-refractivity contribution in [2.45, 2.75) is 109 Å². The van der Waals surface area contributed by atoms with Gasteiger partial charge >= 0.3 is 23.9 Å². The summed E-state index contributed by atoms with van der Waals surface area (Å²) in [5.74, 6) is -7.07. The molecule has 14 heteroatoms. The van der Waals surface area contributed by atoms with Crippen LogP contribution in [-0.2, 0) is 42.9 Å². The summed E-state index contributed by atoms with van der Waals surface area (Å²) in [7, 11) is 0. The Morgan fingerprint density at radius 1 is 0.823 bits per heavy atom. The van der Waals surface area contributed by atoms with Gasteiger partial charge in [-0.3, -0.25) is 24.0 Å². The van der Waals surface area contributed by atoms with Crippen molar-refractivity contribution in [2.24, 2.45) is 22.7 Å². The smallest absolute Gasteiger partial charge is 0.338 e. The number of carbonyl (C=O) groups is 6. The van der Waals surface area contributed by atoms with Crippen LogP contribution >= 0.6 is 0 Å². The number of esters is 4. The van der Waals surface area contributed by atoms with Crippen molar-refractivity contribution in [3.05, 3.63) is 119 Å². The summed E-state index contributed by atoms with van der Waals surface area (Å²) in [5.41, 5.74) is -6.21. The third-order valence-corrected chi connectivity index (χ3v) is 13.8. The summed E-state index contributed by atoms with van der Waals surface area (Å²) in [6.07, 6.45) is -7.99. The molecular formula is C48H53NO13. The molecule has 14 nitrogen and oxygen atoms in total. The topological polar surface area (TPSA) is 201 Å². The maximum atomic E-state index is 15.5. The molecule has 3 aliphatic carbocycles. The number of hydrogen-bond acceptors (Lipinski definition) is 13. The number of benzene rings is 3. The van der Waals surface area contributed by atoms with Crippen LogP contribution in [0, 0.1) is 22.7 Å². The molecule has 3 N–H and O–H groups in total. The molecule has 1 saturated heterocycles. The van der Waals surface area contributed by atoms with Gasteiger partial charge in [-0.1, -0.05) is 80.6 Å². The van der Waals surface area contributed by atoms with Crippen LogP contribution in [0.3, 0.4) is 0 Å². The molecule has 1 amide bonds. The molecule has 3 fully saturated rings. The highest BCUT2D eigenvalue weighted by molar-refractivity contribution is 5.96. The van der Waals surface area contributed by atoms with Gasteiger partial charge in [0.05, 0.1) is 41.6 Å². The molecule has 0 radical (unpaired) electrons. The fourth-order valence-corrected chi connectivity index (χ4v) is 10.4. The highest BCUT2D eigenvalue weighted by Crippen LogP contribution is 2.64. The van der Waals surface area contributed by atoms with Crippen molar-refractivity contribution in [2.75, 3.05) is 6.61 Å². The lowest BCUT2D eigenvalue weighted by atomic mass is 9.44. The van der Waals surface area contributed by atoms with Crippen molar-refractivity contribution in [1.82, 2.24) is 5.32 Å². The number of hydrogen-bond donors (Lipinski definition) is 3. The zero-order valence-corrected chi connectivity index (χ0v) is 35.8. The van der Waals surface area contributed by atoms with Crippen LogP contribution in [0.25, 0.3) is 0 Å². The Morgan fingerprint density at radius 3 is 1.95 bits per heavy atom. The van der Waals surface area contributed by atoms with Crippen LogP contribution in [0.15, 0.2) is 102 Å². The Balaban J connectivity index is 1.39. The Bertz CT molecular complexity index is 2280. The van der Waals surface area contributed by atoms with Crippen molar-refractivity contribution >= 4 is 35.6 Å². The highest BCUT2D eigenvalue weighted by Gasteiger charge is 2.78. The molecule has 2 bridgehead atoms. The molecular weight excluding hydrogens is 799 g/mol. The Hall–Kier alpha value is -5.70. The molecule has 3 aromatic carbocycles. The molecule has 4 aliphatic rings. The maximum absolute atomic E-state index is 15.5. The van der Waals surface area contributed by atoms with Gasteiger partial charge in [0.15, 0.2) is 17.5 Å². The number of nitrogens with one attached hydrogen (secondary N) is 1. The lowest BCUT2D eigenvalue weighted by Crippen LogP contribution is -2.82. The molecule has 1 aliphatic heterocycles. The molecule has 62 heavy (non-hydrogen) atoms. The summed E-state index contributed by atoms with van der Waals surface area (Å²) < 4.78 is 30.7. The molecule has 11 atom stereocenters. The quantitative estimate of drug-likeness (QED) is 0.140. The van der Waals surface area contributed by atoms with E-state index in [9.17, 15) is 34.2 Å². The number of ether oxygens (including phenoxy) is 5. The number of rotatable bonds is 10. The average Bonchev–Trinajstić information content (AvgIpc) is 3.24. The van der Waals surface area contributed by atoms with E-state index >= 15 is 4.79 Å². The molecule has 328 valence electrons. The van der Waals surface area contributed by atoms with Crippen LogP contribution < -0.4 is 5.32 Å². The van der Waals surface area contributed by atoms with Gasteiger partial charge in [-0.25, -0.2) is 4.79 Å². The van der Waals surface area contributed by atoms with Gasteiger partial charge in [0.2, 0.25) is 0 Å². The summed E-state index contributed by atoms with van der Waals surface area (Å²) in [6, 6.07) is 24.5. The van der Waals surface area contributed by atoms with Gasteiger partial charge in [-0.15, -0.1) is 0 Å². The first-order chi connectivity index (χ1) is 29.3. The largest absolute Gasteiger partial charge is 0.457 e. The molecule has 2 saturated carbocycles. The predicted octanol–water partition coefficient (Wildman–Crippen LogP) is 5.01. The molecule has 1 unspecified atom stereocenters. The normalized spacial score (nSPS) is 31.9. The van der Waals surface area contributed by atoms with Crippen molar-refractivity contribution in [3.63, 3.8) is 0 Å². The number of ketones is 1. The number of Topliss-reactive ketones (excluding diaryl/α,β-unsaturated/α-hetero) is 1. The van der Waals surface area contributed by atoms with Gasteiger partial charge in [-0.05, 0) is 61.7 Å². The van der Waals surface area contributed by atoms with Gasteiger partial charge in [0.1, 0.15) is 23.9 Å². The van der Waals surface area contributed by atoms with E-state index in [1.807, 2.05) is 0 Å². The Morgan fingerprint density at radius 2 is 1.40 bits per heavy atom. The number of aliphatic hydroxyl groups is 2. The van der Waals surface area contributed by atoms with Gasteiger partial charge < -0.3 is 39.2 Å². The third-order valence-electron chi connectivity index (χ3n) is 13.8. The van der Waals surface area contributed by atoms with Crippen molar-refractivity contribution in [1.29, 1.82) is 0 Å². The summed E-state index contributed by atoms with van der Waals surface area (Å²) >= 11 is 0.